The highest BCUT2D eigenvalue weighted by molar-refractivity contribution is 7.89. The van der Waals surface area contributed by atoms with E-state index in [1.807, 2.05) is 6.92 Å². The van der Waals surface area contributed by atoms with E-state index in [0.29, 0.717) is 23.5 Å². The average Bonchev–Trinajstić information content (AvgIpc) is 2.58. The van der Waals surface area contributed by atoms with E-state index < -0.39 is 10.0 Å². The van der Waals surface area contributed by atoms with Gasteiger partial charge in [0, 0.05) is 26.7 Å². The number of aryl methyl sites for hydroxylation is 1. The second-order valence-electron chi connectivity index (χ2n) is 6.38. The molecule has 1 aliphatic heterocycles. The maximum absolute atomic E-state index is 12.9. The largest absolute Gasteiger partial charge is 0.482 e. The van der Waals surface area contributed by atoms with Gasteiger partial charge in [-0.2, -0.15) is 4.31 Å². The number of likely N-dealkylation sites (N-methyl/N-ethyl adjacent to an activating group) is 2. The second-order valence-corrected chi connectivity index (χ2v) is 8.39. The summed E-state index contributed by atoms with van der Waals surface area (Å²) >= 11 is 0. The average molecular weight is 383 g/mol. The number of amides is 2. The van der Waals surface area contributed by atoms with Crippen molar-refractivity contribution in [1.82, 2.24) is 9.21 Å². The van der Waals surface area contributed by atoms with Crippen molar-refractivity contribution >= 4 is 27.5 Å². The zero-order valence-corrected chi connectivity index (χ0v) is 16.4. The minimum Gasteiger partial charge on any atom is -0.482 e. The van der Waals surface area contributed by atoms with Crippen LogP contribution in [0.25, 0.3) is 0 Å². The van der Waals surface area contributed by atoms with Crippen LogP contribution in [-0.2, 0) is 19.6 Å². The van der Waals surface area contributed by atoms with Crippen molar-refractivity contribution in [2.75, 3.05) is 39.1 Å². The van der Waals surface area contributed by atoms with Crippen LogP contribution in [-0.4, -0.2) is 63.2 Å². The normalized spacial score (nSPS) is 13.8. The van der Waals surface area contributed by atoms with Crippen molar-refractivity contribution in [3.8, 4) is 5.75 Å². The molecule has 2 rings (SSSR count). The molecule has 9 heteroatoms. The van der Waals surface area contributed by atoms with Gasteiger partial charge in [-0.05, 0) is 25.0 Å². The molecule has 1 aromatic rings. The summed E-state index contributed by atoms with van der Waals surface area (Å²) in [6, 6.07) is 2.95. The van der Waals surface area contributed by atoms with Gasteiger partial charge in [-0.1, -0.05) is 13.3 Å². The highest BCUT2D eigenvalue weighted by atomic mass is 32.2. The van der Waals surface area contributed by atoms with Gasteiger partial charge in [0.25, 0.3) is 5.91 Å². The van der Waals surface area contributed by atoms with Gasteiger partial charge < -0.3 is 15.0 Å². The number of nitrogens with one attached hydrogen (secondary N) is 1. The SMILES string of the molecule is CCCCN(C)C(=O)CN(C)S(=O)(=O)c1cc2c(cc1C)NC(=O)CO2. The molecule has 0 aliphatic carbocycles. The van der Waals surface area contributed by atoms with E-state index in [9.17, 15) is 18.0 Å². The zero-order chi connectivity index (χ0) is 19.5. The molecule has 0 bridgehead atoms. The molecular weight excluding hydrogens is 358 g/mol. The molecule has 0 radical (unpaired) electrons. The Morgan fingerprint density at radius 2 is 2.00 bits per heavy atom. The van der Waals surface area contributed by atoms with Gasteiger partial charge in [-0.25, -0.2) is 8.42 Å². The molecule has 0 spiro atoms. The number of fused-ring (bicyclic) bond motifs is 1. The number of carbonyl (C=O) groups is 2. The Hall–Kier alpha value is -2.13. The predicted octanol–water partition coefficient (Wildman–Crippen LogP) is 1.20. The maximum atomic E-state index is 12.9. The highest BCUT2D eigenvalue weighted by Gasteiger charge is 2.28. The molecule has 0 aromatic heterocycles. The number of hydrogen-bond donors (Lipinski definition) is 1. The molecule has 0 atom stereocenters. The van der Waals surface area contributed by atoms with Gasteiger partial charge in [0.15, 0.2) is 6.61 Å². The predicted molar refractivity (Wildman–Crippen MR) is 97.7 cm³/mol. The maximum Gasteiger partial charge on any atom is 0.262 e. The molecule has 0 saturated carbocycles. The van der Waals surface area contributed by atoms with Gasteiger partial charge in [0.1, 0.15) is 5.75 Å². The molecule has 0 saturated heterocycles. The summed E-state index contributed by atoms with van der Waals surface area (Å²) < 4.78 is 32.1. The first-order chi connectivity index (χ1) is 12.2. The molecule has 1 N–H and O–H groups in total. The Morgan fingerprint density at radius 1 is 1.31 bits per heavy atom. The third-order valence-electron chi connectivity index (χ3n) is 4.23. The van der Waals surface area contributed by atoms with Crippen LogP contribution in [0.1, 0.15) is 25.3 Å². The Labute approximate surface area is 154 Å². The molecule has 144 valence electrons. The van der Waals surface area contributed by atoms with Crippen LogP contribution < -0.4 is 10.1 Å². The number of carbonyl (C=O) groups excluding carboxylic acids is 2. The Kier molecular flexibility index (Phi) is 6.25. The molecule has 8 nitrogen and oxygen atoms in total. The van der Waals surface area contributed by atoms with Crippen molar-refractivity contribution in [2.45, 2.75) is 31.6 Å². The lowest BCUT2D eigenvalue weighted by Crippen LogP contribution is -2.39. The molecule has 1 aliphatic rings. The minimum absolute atomic E-state index is 0.0545. The lowest BCUT2D eigenvalue weighted by Gasteiger charge is -2.24. The van der Waals surface area contributed by atoms with E-state index in [-0.39, 0.29) is 29.9 Å². The molecule has 0 unspecified atom stereocenters. The second kappa shape index (κ2) is 8.05. The number of benzene rings is 1. The fraction of sp³-hybridized carbons (Fsp3) is 0.529. The Morgan fingerprint density at radius 3 is 2.65 bits per heavy atom. The minimum atomic E-state index is -3.87. The van der Waals surface area contributed by atoms with Crippen LogP contribution in [0.2, 0.25) is 0 Å². The Balaban J connectivity index is 2.21. The van der Waals surface area contributed by atoms with Crippen molar-refractivity contribution in [2.24, 2.45) is 0 Å². The molecular formula is C17H25N3O5S. The number of nitrogens with zero attached hydrogens (tertiary/aromatic N) is 2. The van der Waals surface area contributed by atoms with Crippen LogP contribution in [0.5, 0.6) is 5.75 Å². The quantitative estimate of drug-likeness (QED) is 0.763. The molecule has 1 aromatic carbocycles. The third kappa shape index (κ3) is 4.34. The van der Waals surface area contributed by atoms with Crippen LogP contribution >= 0.6 is 0 Å². The topological polar surface area (TPSA) is 96.0 Å². The van der Waals surface area contributed by atoms with Crippen LogP contribution in [0, 0.1) is 6.92 Å². The molecule has 26 heavy (non-hydrogen) atoms. The number of sulfonamides is 1. The van der Waals surface area contributed by atoms with Crippen molar-refractivity contribution in [3.63, 3.8) is 0 Å². The monoisotopic (exact) mass is 383 g/mol. The fourth-order valence-corrected chi connectivity index (χ4v) is 3.92. The van der Waals surface area contributed by atoms with Gasteiger partial charge in [0.2, 0.25) is 15.9 Å². The van der Waals surface area contributed by atoms with E-state index in [0.717, 1.165) is 17.1 Å². The van der Waals surface area contributed by atoms with Crippen molar-refractivity contribution in [3.05, 3.63) is 17.7 Å². The summed E-state index contributed by atoms with van der Waals surface area (Å²) in [6.45, 7) is 3.85. The number of unbranched alkanes of at least 4 members (excludes halogenated alkanes) is 1. The van der Waals surface area contributed by atoms with Crippen LogP contribution in [0.3, 0.4) is 0 Å². The lowest BCUT2D eigenvalue weighted by molar-refractivity contribution is -0.130. The number of ether oxygens (including phenoxy) is 1. The van der Waals surface area contributed by atoms with E-state index in [1.54, 1.807) is 20.0 Å². The number of hydrogen-bond acceptors (Lipinski definition) is 5. The van der Waals surface area contributed by atoms with Crippen LogP contribution in [0.4, 0.5) is 5.69 Å². The summed E-state index contributed by atoms with van der Waals surface area (Å²) in [6.07, 6.45) is 1.82. The molecule has 1 heterocycles. The van der Waals surface area contributed by atoms with Gasteiger partial charge >= 0.3 is 0 Å². The first kappa shape index (κ1) is 20.2. The van der Waals surface area contributed by atoms with Crippen molar-refractivity contribution < 1.29 is 22.7 Å². The lowest BCUT2D eigenvalue weighted by atomic mass is 10.2. The van der Waals surface area contributed by atoms with E-state index >= 15 is 0 Å². The first-order valence-electron chi connectivity index (χ1n) is 8.44. The highest BCUT2D eigenvalue weighted by Crippen LogP contribution is 2.33. The fourth-order valence-electron chi connectivity index (χ4n) is 2.58. The van der Waals surface area contributed by atoms with Gasteiger partial charge in [-0.15, -0.1) is 0 Å². The smallest absolute Gasteiger partial charge is 0.262 e. The summed E-state index contributed by atoms with van der Waals surface area (Å²) in [5, 5.41) is 2.64. The van der Waals surface area contributed by atoms with E-state index in [2.05, 4.69) is 5.32 Å². The van der Waals surface area contributed by atoms with Crippen molar-refractivity contribution in [1.29, 1.82) is 0 Å². The number of rotatable bonds is 7. The van der Waals surface area contributed by atoms with E-state index in [1.165, 1.54) is 18.0 Å². The summed E-state index contributed by atoms with van der Waals surface area (Å²) in [4.78, 5) is 25.2. The first-order valence-corrected chi connectivity index (χ1v) is 9.88. The summed E-state index contributed by atoms with van der Waals surface area (Å²) in [5.41, 5.74) is 0.906. The van der Waals surface area contributed by atoms with Crippen LogP contribution in [0.15, 0.2) is 17.0 Å². The standard InChI is InChI=1S/C17H25N3O5S/c1-5-6-7-19(3)17(22)10-20(4)26(23,24)15-9-14-13(8-12(15)2)18-16(21)11-25-14/h8-9H,5-7,10-11H2,1-4H3,(H,18,21). The number of anilines is 1. The third-order valence-corrected chi connectivity index (χ3v) is 6.17. The molecule has 2 amide bonds. The summed E-state index contributed by atoms with van der Waals surface area (Å²) in [7, 11) is -0.829. The zero-order valence-electron chi connectivity index (χ0n) is 15.5. The molecule has 0 fully saturated rings. The Bertz CT molecular complexity index is 807. The summed E-state index contributed by atoms with van der Waals surface area (Å²) in [5.74, 6) is -0.248. The van der Waals surface area contributed by atoms with Gasteiger partial charge in [0.05, 0.1) is 17.1 Å². The van der Waals surface area contributed by atoms with E-state index in [4.69, 9.17) is 4.74 Å². The van der Waals surface area contributed by atoms with Gasteiger partial charge in [-0.3, -0.25) is 9.59 Å².